The quantitative estimate of drug-likeness (QED) is 0.124. The van der Waals surface area contributed by atoms with Crippen molar-refractivity contribution in [3.8, 4) is 17.2 Å². The maximum Gasteiger partial charge on any atom is 0.343 e. The van der Waals surface area contributed by atoms with Crippen molar-refractivity contribution in [3.63, 3.8) is 0 Å². The molecule has 0 aromatic heterocycles. The van der Waals surface area contributed by atoms with Crippen molar-refractivity contribution in [1.82, 2.24) is 0 Å². The molecule has 0 amide bonds. The summed E-state index contributed by atoms with van der Waals surface area (Å²) in [5, 5.41) is 9.32. The lowest BCUT2D eigenvalue weighted by Gasteiger charge is -2.08. The van der Waals surface area contributed by atoms with Gasteiger partial charge in [0.15, 0.2) is 0 Å². The molecule has 3 aromatic carbocycles. The van der Waals surface area contributed by atoms with Crippen LogP contribution < -0.4 is 9.47 Å². The highest BCUT2D eigenvalue weighted by molar-refractivity contribution is 5.91. The number of phenolic OH excluding ortho intramolecular Hbond substituents is 1. The van der Waals surface area contributed by atoms with Crippen LogP contribution in [0.5, 0.6) is 17.2 Å². The number of ether oxygens (including phenoxy) is 2. The van der Waals surface area contributed by atoms with Crippen LogP contribution in [0.1, 0.15) is 67.8 Å². The number of esters is 1. The van der Waals surface area contributed by atoms with E-state index in [0.717, 1.165) is 23.4 Å². The monoisotopic (exact) mass is 459 g/mol. The zero-order valence-corrected chi connectivity index (χ0v) is 19.8. The number of carbonyl (C=O) groups is 1. The number of hydrogen-bond donors (Lipinski definition) is 1. The van der Waals surface area contributed by atoms with Gasteiger partial charge in [0.05, 0.1) is 17.9 Å². The summed E-state index contributed by atoms with van der Waals surface area (Å²) in [6.07, 6.45) is 10.4. The van der Waals surface area contributed by atoms with Crippen LogP contribution in [0.25, 0.3) is 0 Å². The standard InChI is InChI=1S/C29H33NO4/c1-2-3-4-5-6-7-8-21-33-27-19-11-24(12-20-27)29(32)34-28-17-9-23(10-18-28)22-30-25-13-15-26(31)16-14-25/h9-20,22,31H,2-8,21H2,1H3. The smallest absolute Gasteiger partial charge is 0.343 e. The SMILES string of the molecule is CCCCCCCCCOc1ccc(C(=O)Oc2ccc(C=Nc3ccc(O)cc3)cc2)cc1. The maximum atomic E-state index is 12.4. The third-order valence-corrected chi connectivity index (χ3v) is 5.41. The van der Waals surface area contributed by atoms with Gasteiger partial charge in [-0.3, -0.25) is 4.99 Å². The summed E-state index contributed by atoms with van der Waals surface area (Å²) in [6.45, 7) is 2.93. The Hall–Kier alpha value is -3.60. The minimum Gasteiger partial charge on any atom is -0.508 e. The van der Waals surface area contributed by atoms with E-state index in [0.29, 0.717) is 17.9 Å². The fourth-order valence-electron chi connectivity index (χ4n) is 3.41. The van der Waals surface area contributed by atoms with Crippen molar-refractivity contribution in [2.24, 2.45) is 4.99 Å². The highest BCUT2D eigenvalue weighted by Gasteiger charge is 2.09. The summed E-state index contributed by atoms with van der Waals surface area (Å²) in [5.41, 5.74) is 2.08. The Morgan fingerprint density at radius 1 is 0.794 bits per heavy atom. The maximum absolute atomic E-state index is 12.4. The second-order valence-corrected chi connectivity index (χ2v) is 8.23. The molecule has 5 nitrogen and oxygen atoms in total. The Bertz CT molecular complexity index is 1030. The molecule has 0 saturated heterocycles. The molecule has 0 bridgehead atoms. The molecule has 0 saturated carbocycles. The van der Waals surface area contributed by atoms with Crippen molar-refractivity contribution in [1.29, 1.82) is 0 Å². The van der Waals surface area contributed by atoms with Crippen molar-refractivity contribution < 1.29 is 19.4 Å². The first-order valence-corrected chi connectivity index (χ1v) is 12.0. The minimum atomic E-state index is -0.413. The van der Waals surface area contributed by atoms with E-state index < -0.39 is 5.97 Å². The number of rotatable bonds is 13. The second kappa shape index (κ2) is 13.8. The van der Waals surface area contributed by atoms with Crippen LogP contribution in [0.15, 0.2) is 77.8 Å². The molecule has 0 spiro atoms. The first-order chi connectivity index (χ1) is 16.6. The van der Waals surface area contributed by atoms with E-state index >= 15 is 0 Å². The van der Waals surface area contributed by atoms with Gasteiger partial charge in [0.2, 0.25) is 0 Å². The van der Waals surface area contributed by atoms with Crippen molar-refractivity contribution >= 4 is 17.9 Å². The summed E-state index contributed by atoms with van der Waals surface area (Å²) < 4.78 is 11.3. The number of nitrogens with zero attached hydrogens (tertiary/aromatic N) is 1. The predicted octanol–water partition coefficient (Wildman–Crippen LogP) is 7.49. The molecule has 5 heteroatoms. The van der Waals surface area contributed by atoms with E-state index in [2.05, 4.69) is 11.9 Å². The highest BCUT2D eigenvalue weighted by atomic mass is 16.5. The lowest BCUT2D eigenvalue weighted by Crippen LogP contribution is -2.08. The van der Waals surface area contributed by atoms with Gasteiger partial charge in [0, 0.05) is 6.21 Å². The van der Waals surface area contributed by atoms with Crippen molar-refractivity contribution in [3.05, 3.63) is 83.9 Å². The van der Waals surface area contributed by atoms with Gasteiger partial charge in [-0.05, 0) is 84.8 Å². The normalized spacial score (nSPS) is 11.0. The van der Waals surface area contributed by atoms with Gasteiger partial charge < -0.3 is 14.6 Å². The van der Waals surface area contributed by atoms with E-state index in [9.17, 15) is 9.90 Å². The molecule has 0 aliphatic carbocycles. The molecule has 178 valence electrons. The molecule has 0 fully saturated rings. The Morgan fingerprint density at radius 2 is 1.41 bits per heavy atom. The first kappa shape index (κ1) is 25.0. The van der Waals surface area contributed by atoms with Crippen LogP contribution in [0.2, 0.25) is 0 Å². The van der Waals surface area contributed by atoms with Gasteiger partial charge in [-0.2, -0.15) is 0 Å². The number of benzene rings is 3. The molecule has 0 unspecified atom stereocenters. The van der Waals surface area contributed by atoms with E-state index in [-0.39, 0.29) is 5.75 Å². The molecule has 0 heterocycles. The fraction of sp³-hybridized carbons (Fsp3) is 0.310. The van der Waals surface area contributed by atoms with Gasteiger partial charge in [0.25, 0.3) is 0 Å². The number of hydrogen-bond acceptors (Lipinski definition) is 5. The minimum absolute atomic E-state index is 0.204. The van der Waals surface area contributed by atoms with Crippen molar-refractivity contribution in [2.45, 2.75) is 51.9 Å². The van der Waals surface area contributed by atoms with Gasteiger partial charge in [-0.25, -0.2) is 4.79 Å². The van der Waals surface area contributed by atoms with Crippen LogP contribution in [-0.2, 0) is 0 Å². The topological polar surface area (TPSA) is 68.1 Å². The Labute approximate surface area is 202 Å². The van der Waals surface area contributed by atoms with Crippen LogP contribution in [-0.4, -0.2) is 23.9 Å². The predicted molar refractivity (Wildman–Crippen MR) is 137 cm³/mol. The lowest BCUT2D eigenvalue weighted by atomic mass is 10.1. The van der Waals surface area contributed by atoms with E-state index in [1.54, 1.807) is 66.9 Å². The van der Waals surface area contributed by atoms with Crippen LogP contribution in [0.4, 0.5) is 5.69 Å². The third-order valence-electron chi connectivity index (χ3n) is 5.41. The first-order valence-electron chi connectivity index (χ1n) is 12.0. The third kappa shape index (κ3) is 8.74. The van der Waals surface area contributed by atoms with E-state index in [4.69, 9.17) is 9.47 Å². The molecule has 3 rings (SSSR count). The zero-order chi connectivity index (χ0) is 24.0. The summed E-state index contributed by atoms with van der Waals surface area (Å²) in [6, 6.07) is 20.8. The van der Waals surface area contributed by atoms with E-state index in [1.165, 1.54) is 38.5 Å². The molecule has 0 aliphatic rings. The van der Waals surface area contributed by atoms with Gasteiger partial charge in [-0.15, -0.1) is 0 Å². The Balaban J connectivity index is 1.41. The van der Waals surface area contributed by atoms with E-state index in [1.807, 2.05) is 12.1 Å². The Kier molecular flexibility index (Phi) is 10.2. The second-order valence-electron chi connectivity index (χ2n) is 8.23. The highest BCUT2D eigenvalue weighted by Crippen LogP contribution is 2.19. The molecule has 34 heavy (non-hydrogen) atoms. The van der Waals surface area contributed by atoms with Crippen LogP contribution in [0, 0.1) is 0 Å². The summed E-state index contributed by atoms with van der Waals surface area (Å²) in [4.78, 5) is 16.8. The number of aliphatic imine (C=N–C) groups is 1. The fourth-order valence-corrected chi connectivity index (χ4v) is 3.41. The zero-order valence-electron chi connectivity index (χ0n) is 19.8. The molecular formula is C29H33NO4. The van der Waals surface area contributed by atoms with Gasteiger partial charge in [0.1, 0.15) is 17.2 Å². The number of carbonyl (C=O) groups excluding carboxylic acids is 1. The summed E-state index contributed by atoms with van der Waals surface area (Å²) >= 11 is 0. The van der Waals surface area contributed by atoms with Gasteiger partial charge in [-0.1, -0.05) is 45.4 Å². The molecule has 0 aliphatic heterocycles. The Morgan fingerprint density at radius 3 is 2.09 bits per heavy atom. The summed E-state index contributed by atoms with van der Waals surface area (Å²) in [5.74, 6) is 1.02. The number of unbranched alkanes of at least 4 members (excludes halogenated alkanes) is 6. The van der Waals surface area contributed by atoms with Crippen LogP contribution >= 0.6 is 0 Å². The molecule has 0 radical (unpaired) electrons. The summed E-state index contributed by atoms with van der Waals surface area (Å²) in [7, 11) is 0. The van der Waals surface area contributed by atoms with Gasteiger partial charge >= 0.3 is 5.97 Å². The molecule has 1 N–H and O–H groups in total. The lowest BCUT2D eigenvalue weighted by molar-refractivity contribution is 0.0734. The van der Waals surface area contributed by atoms with Crippen LogP contribution in [0.3, 0.4) is 0 Å². The molecular weight excluding hydrogens is 426 g/mol. The number of phenols is 1. The largest absolute Gasteiger partial charge is 0.508 e. The average molecular weight is 460 g/mol. The average Bonchev–Trinajstić information content (AvgIpc) is 2.86. The van der Waals surface area contributed by atoms with Crippen molar-refractivity contribution in [2.75, 3.05) is 6.61 Å². The molecule has 3 aromatic rings. The molecule has 0 atom stereocenters. The number of aromatic hydroxyl groups is 1.